The third-order valence-corrected chi connectivity index (χ3v) is 7.51. The first-order chi connectivity index (χ1) is 14.4. The lowest BCUT2D eigenvalue weighted by molar-refractivity contribution is -0.0594. The zero-order valence-electron chi connectivity index (χ0n) is 17.4. The second-order valence-electron chi connectivity index (χ2n) is 8.73. The van der Waals surface area contributed by atoms with Crippen molar-refractivity contribution in [3.63, 3.8) is 0 Å². The molecule has 2 aliphatic carbocycles. The van der Waals surface area contributed by atoms with Crippen molar-refractivity contribution in [1.82, 2.24) is 14.8 Å². The Labute approximate surface area is 179 Å². The van der Waals surface area contributed by atoms with E-state index >= 15 is 0 Å². The van der Waals surface area contributed by atoms with Crippen LogP contribution in [0.2, 0.25) is 0 Å². The number of nitrogens with two attached hydrogens (primary N) is 1. The molecule has 2 aromatic rings. The minimum absolute atomic E-state index is 0.0480. The highest BCUT2D eigenvalue weighted by atomic mass is 32.2. The fourth-order valence-corrected chi connectivity index (χ4v) is 5.26. The van der Waals surface area contributed by atoms with Crippen LogP contribution in [0.15, 0.2) is 23.4 Å². The van der Waals surface area contributed by atoms with Gasteiger partial charge >= 0.3 is 0 Å². The number of amides is 1. The number of hydrogen-bond donors (Lipinski definition) is 2. The molecule has 2 aromatic heterocycles. The Kier molecular flexibility index (Phi) is 5.16. The molecule has 2 fully saturated rings. The molecule has 3 N–H and O–H groups in total. The van der Waals surface area contributed by atoms with E-state index in [1.54, 1.807) is 0 Å². The Morgan fingerprint density at radius 3 is 2.61 bits per heavy atom. The maximum Gasteiger partial charge on any atom is 0.289 e. The lowest BCUT2D eigenvalue weighted by atomic mass is 9.50. The highest BCUT2D eigenvalue weighted by Crippen LogP contribution is 2.60. The molecule has 0 radical (unpaired) electrons. The van der Waals surface area contributed by atoms with Crippen molar-refractivity contribution in [1.29, 1.82) is 0 Å². The van der Waals surface area contributed by atoms with Crippen LogP contribution in [0.25, 0.3) is 0 Å². The number of aromatic nitrogens is 3. The van der Waals surface area contributed by atoms with Crippen molar-refractivity contribution in [2.24, 2.45) is 16.5 Å². The molecule has 31 heavy (non-hydrogen) atoms. The summed E-state index contributed by atoms with van der Waals surface area (Å²) in [6.07, 6.45) is 6.74. The Morgan fingerprint density at radius 2 is 2.10 bits per heavy atom. The maximum absolute atomic E-state index is 14.1. The van der Waals surface area contributed by atoms with Crippen molar-refractivity contribution in [2.75, 3.05) is 5.32 Å². The SMILES string of the molecule is Cc1c(C(C)(F)F)nn(CC2CCC23CCC3)c1C(=O)Nc1ccnc(S(N)(=O)=O)c1. The number of pyridine rings is 1. The molecule has 1 amide bonds. The molecule has 2 aliphatic rings. The third kappa shape index (κ3) is 3.96. The summed E-state index contributed by atoms with van der Waals surface area (Å²) in [5.41, 5.74) is 0.122. The van der Waals surface area contributed by atoms with Crippen LogP contribution in [0.1, 0.15) is 60.8 Å². The van der Waals surface area contributed by atoms with Gasteiger partial charge in [-0.3, -0.25) is 9.48 Å². The first-order valence-electron chi connectivity index (χ1n) is 10.2. The summed E-state index contributed by atoms with van der Waals surface area (Å²) in [5, 5.41) is 11.4. The van der Waals surface area contributed by atoms with Gasteiger partial charge in [0.15, 0.2) is 5.03 Å². The Hall–Kier alpha value is -2.40. The average Bonchev–Trinajstić information content (AvgIpc) is 2.93. The first-order valence-corrected chi connectivity index (χ1v) is 11.7. The van der Waals surface area contributed by atoms with Crippen LogP contribution in [-0.4, -0.2) is 29.1 Å². The summed E-state index contributed by atoms with van der Waals surface area (Å²) < 4.78 is 52.7. The number of sulfonamides is 1. The standard InChI is InChI=1S/C20H25F2N5O3S/c1-12-16(18(28)25-14-5-9-24-15(10-14)31(23,29)30)27(26-17(12)19(2,21)22)11-13-4-8-20(13)6-3-7-20/h5,9-10,13H,3-4,6-8,11H2,1-2H3,(H2,23,29,30)(H,24,25,28). The molecule has 1 unspecified atom stereocenters. The van der Waals surface area contributed by atoms with E-state index < -0.39 is 32.6 Å². The number of alkyl halides is 2. The monoisotopic (exact) mass is 453 g/mol. The molecule has 11 heteroatoms. The number of rotatable bonds is 6. The van der Waals surface area contributed by atoms with Gasteiger partial charge < -0.3 is 5.32 Å². The van der Waals surface area contributed by atoms with Crippen LogP contribution >= 0.6 is 0 Å². The van der Waals surface area contributed by atoms with Crippen molar-refractivity contribution >= 4 is 21.6 Å². The fraction of sp³-hybridized carbons (Fsp3) is 0.550. The topological polar surface area (TPSA) is 120 Å². The van der Waals surface area contributed by atoms with E-state index in [-0.39, 0.29) is 22.4 Å². The second kappa shape index (κ2) is 7.33. The number of nitrogens with zero attached hydrogens (tertiary/aromatic N) is 3. The molecule has 1 spiro atoms. The van der Waals surface area contributed by atoms with Crippen molar-refractivity contribution < 1.29 is 22.0 Å². The number of carbonyl (C=O) groups is 1. The van der Waals surface area contributed by atoms with E-state index in [0.717, 1.165) is 38.7 Å². The predicted octanol–water partition coefficient (Wildman–Crippen LogP) is 3.18. The van der Waals surface area contributed by atoms with Gasteiger partial charge in [-0.2, -0.15) is 13.9 Å². The van der Waals surface area contributed by atoms with Crippen LogP contribution in [0.3, 0.4) is 0 Å². The lowest BCUT2D eigenvalue weighted by Crippen LogP contribution is -2.47. The quantitative estimate of drug-likeness (QED) is 0.696. The Bertz CT molecular complexity index is 1130. The molecule has 0 aromatic carbocycles. The van der Waals surface area contributed by atoms with E-state index in [1.165, 1.54) is 30.3 Å². The van der Waals surface area contributed by atoms with Crippen molar-refractivity contribution in [3.05, 3.63) is 35.3 Å². The van der Waals surface area contributed by atoms with Gasteiger partial charge in [-0.1, -0.05) is 6.42 Å². The predicted molar refractivity (Wildman–Crippen MR) is 109 cm³/mol. The van der Waals surface area contributed by atoms with Crippen LogP contribution < -0.4 is 10.5 Å². The summed E-state index contributed by atoms with van der Waals surface area (Å²) in [6.45, 7) is 2.61. The maximum atomic E-state index is 14.1. The van der Waals surface area contributed by atoms with Gasteiger partial charge in [0, 0.05) is 37.0 Å². The number of halogens is 2. The number of nitrogens with one attached hydrogen (secondary N) is 1. The third-order valence-electron chi connectivity index (χ3n) is 6.70. The van der Waals surface area contributed by atoms with E-state index in [1.807, 2.05) is 0 Å². The molecule has 0 aliphatic heterocycles. The summed E-state index contributed by atoms with van der Waals surface area (Å²) in [5.74, 6) is -3.54. The second-order valence-corrected chi connectivity index (χ2v) is 10.2. The van der Waals surface area contributed by atoms with E-state index in [0.29, 0.717) is 12.5 Å². The molecule has 4 rings (SSSR count). The van der Waals surface area contributed by atoms with E-state index in [2.05, 4.69) is 15.4 Å². The summed E-state index contributed by atoms with van der Waals surface area (Å²) in [4.78, 5) is 16.7. The summed E-state index contributed by atoms with van der Waals surface area (Å²) in [6, 6.07) is 2.52. The molecule has 168 valence electrons. The van der Waals surface area contributed by atoms with Gasteiger partial charge in [0.1, 0.15) is 11.4 Å². The number of anilines is 1. The van der Waals surface area contributed by atoms with E-state index in [9.17, 15) is 22.0 Å². The molecule has 1 atom stereocenters. The van der Waals surface area contributed by atoms with Crippen LogP contribution in [0, 0.1) is 18.3 Å². The molecule has 2 saturated carbocycles. The Morgan fingerprint density at radius 1 is 1.39 bits per heavy atom. The van der Waals surface area contributed by atoms with Gasteiger partial charge in [-0.25, -0.2) is 18.5 Å². The van der Waals surface area contributed by atoms with Crippen molar-refractivity contribution in [2.45, 2.75) is 63.4 Å². The number of hydrogen-bond acceptors (Lipinski definition) is 5. The smallest absolute Gasteiger partial charge is 0.289 e. The Balaban J connectivity index is 1.66. The number of carbonyl (C=O) groups excluding carboxylic acids is 1. The molecular formula is C20H25F2N5O3S. The summed E-state index contributed by atoms with van der Waals surface area (Å²) in [7, 11) is -4.06. The fourth-order valence-electron chi connectivity index (χ4n) is 4.76. The average molecular weight is 454 g/mol. The minimum Gasteiger partial charge on any atom is -0.321 e. The van der Waals surface area contributed by atoms with Gasteiger partial charge in [-0.15, -0.1) is 0 Å². The zero-order valence-corrected chi connectivity index (χ0v) is 18.2. The van der Waals surface area contributed by atoms with Gasteiger partial charge in [-0.05, 0) is 50.0 Å². The largest absolute Gasteiger partial charge is 0.321 e. The van der Waals surface area contributed by atoms with Crippen LogP contribution in [-0.2, 0) is 22.5 Å². The summed E-state index contributed by atoms with van der Waals surface area (Å²) >= 11 is 0. The molecular weight excluding hydrogens is 428 g/mol. The first kappa shape index (κ1) is 21.8. The lowest BCUT2D eigenvalue weighted by Gasteiger charge is -2.56. The minimum atomic E-state index is -4.06. The van der Waals surface area contributed by atoms with Crippen molar-refractivity contribution in [3.8, 4) is 0 Å². The molecule has 2 heterocycles. The van der Waals surface area contributed by atoms with Crippen LogP contribution in [0.5, 0.6) is 0 Å². The van der Waals surface area contributed by atoms with Gasteiger partial charge in [0.2, 0.25) is 0 Å². The van der Waals surface area contributed by atoms with Gasteiger partial charge in [0.25, 0.3) is 21.9 Å². The molecule has 0 bridgehead atoms. The molecule has 8 nitrogen and oxygen atoms in total. The van der Waals surface area contributed by atoms with E-state index in [4.69, 9.17) is 5.14 Å². The van der Waals surface area contributed by atoms with Gasteiger partial charge in [0.05, 0.1) is 0 Å². The normalized spacial score (nSPS) is 20.2. The molecule has 0 saturated heterocycles. The van der Waals surface area contributed by atoms with Crippen LogP contribution in [0.4, 0.5) is 14.5 Å². The number of primary sulfonamides is 1. The zero-order chi connectivity index (χ0) is 22.6. The highest BCUT2D eigenvalue weighted by molar-refractivity contribution is 7.89. The highest BCUT2D eigenvalue weighted by Gasteiger charge is 2.51.